The Morgan fingerprint density at radius 2 is 1.73 bits per heavy atom. The fourth-order valence-electron chi connectivity index (χ4n) is 3.36. The minimum Gasteiger partial charge on any atom is -0.497 e. The van der Waals surface area contributed by atoms with Crippen LogP contribution in [0.1, 0.15) is 21.5 Å². The first-order valence-corrected chi connectivity index (χ1v) is 10.7. The maximum atomic E-state index is 13.6. The van der Waals surface area contributed by atoms with Crippen molar-refractivity contribution in [3.05, 3.63) is 95.3 Å². The zero-order chi connectivity index (χ0) is 23.6. The van der Waals surface area contributed by atoms with E-state index in [0.29, 0.717) is 24.2 Å². The van der Waals surface area contributed by atoms with Gasteiger partial charge < -0.3 is 20.7 Å². The molecule has 0 radical (unpaired) electrons. The number of aryl methyl sites for hydroxylation is 1. The van der Waals surface area contributed by atoms with Crippen molar-refractivity contribution in [1.82, 2.24) is 10.6 Å². The van der Waals surface area contributed by atoms with E-state index in [9.17, 15) is 14.0 Å². The molecule has 0 unspecified atom stereocenters. The van der Waals surface area contributed by atoms with Crippen molar-refractivity contribution in [3.8, 4) is 5.75 Å². The van der Waals surface area contributed by atoms with Crippen LogP contribution in [0, 0.1) is 12.7 Å². The van der Waals surface area contributed by atoms with Gasteiger partial charge in [0, 0.05) is 30.8 Å². The van der Waals surface area contributed by atoms with Crippen LogP contribution in [0.2, 0.25) is 0 Å². The zero-order valence-corrected chi connectivity index (χ0v) is 18.7. The van der Waals surface area contributed by atoms with E-state index in [1.54, 1.807) is 37.4 Å². The fraction of sp³-hybridized carbons (Fsp3) is 0.231. The zero-order valence-electron chi connectivity index (χ0n) is 18.7. The number of carbonyl (C=O) groups excluding carboxylic acids is 2. The van der Waals surface area contributed by atoms with E-state index in [1.807, 2.05) is 37.3 Å². The number of nitrogens with one attached hydrogen (secondary N) is 3. The predicted octanol–water partition coefficient (Wildman–Crippen LogP) is 3.71. The van der Waals surface area contributed by atoms with Gasteiger partial charge in [-0.15, -0.1) is 0 Å². The number of benzene rings is 3. The Kier molecular flexibility index (Phi) is 8.41. The highest BCUT2D eigenvalue weighted by Gasteiger charge is 2.22. The third-order valence-electron chi connectivity index (χ3n) is 5.07. The lowest BCUT2D eigenvalue weighted by atomic mass is 10.0. The first-order chi connectivity index (χ1) is 15.9. The third-order valence-corrected chi connectivity index (χ3v) is 5.07. The maximum Gasteiger partial charge on any atom is 0.251 e. The molecule has 7 heteroatoms. The number of rotatable bonds is 10. The minimum atomic E-state index is -0.846. The summed E-state index contributed by atoms with van der Waals surface area (Å²) < 4.78 is 18.8. The predicted molar refractivity (Wildman–Crippen MR) is 127 cm³/mol. The molecule has 0 aliphatic carbocycles. The number of hydrogen-bond donors (Lipinski definition) is 3. The Balaban J connectivity index is 1.61. The van der Waals surface area contributed by atoms with E-state index in [-0.39, 0.29) is 24.1 Å². The van der Waals surface area contributed by atoms with Crippen LogP contribution in [0.4, 0.5) is 10.1 Å². The molecule has 0 aromatic heterocycles. The molecule has 0 fully saturated rings. The minimum absolute atomic E-state index is 0.174. The van der Waals surface area contributed by atoms with Gasteiger partial charge in [0.2, 0.25) is 5.91 Å². The largest absolute Gasteiger partial charge is 0.497 e. The van der Waals surface area contributed by atoms with Crippen molar-refractivity contribution < 1.29 is 18.7 Å². The first-order valence-electron chi connectivity index (χ1n) is 10.7. The second-order valence-corrected chi connectivity index (χ2v) is 7.68. The molecule has 0 spiro atoms. The molecule has 3 N–H and O–H groups in total. The van der Waals surface area contributed by atoms with Gasteiger partial charge in [-0.05, 0) is 61.0 Å². The Morgan fingerprint density at radius 1 is 0.970 bits per heavy atom. The van der Waals surface area contributed by atoms with E-state index in [4.69, 9.17) is 4.74 Å². The summed E-state index contributed by atoms with van der Waals surface area (Å²) in [6.45, 7) is 2.74. The van der Waals surface area contributed by atoms with Crippen LogP contribution in [0.15, 0.2) is 72.8 Å². The highest BCUT2D eigenvalue weighted by Crippen LogP contribution is 2.14. The topological polar surface area (TPSA) is 79.5 Å². The average Bonchev–Trinajstić information content (AvgIpc) is 2.81. The van der Waals surface area contributed by atoms with Gasteiger partial charge in [-0.1, -0.05) is 29.8 Å². The lowest BCUT2D eigenvalue weighted by Crippen LogP contribution is -2.48. The van der Waals surface area contributed by atoms with E-state index in [2.05, 4.69) is 16.0 Å². The van der Waals surface area contributed by atoms with E-state index in [0.717, 1.165) is 17.0 Å². The lowest BCUT2D eigenvalue weighted by molar-refractivity contribution is -0.122. The summed E-state index contributed by atoms with van der Waals surface area (Å²) in [4.78, 5) is 25.6. The van der Waals surface area contributed by atoms with Gasteiger partial charge in [0.15, 0.2) is 0 Å². The van der Waals surface area contributed by atoms with Crippen LogP contribution in [0.5, 0.6) is 5.75 Å². The molecule has 3 aromatic carbocycles. The van der Waals surface area contributed by atoms with Crippen molar-refractivity contribution in [2.75, 3.05) is 25.5 Å². The highest BCUT2D eigenvalue weighted by atomic mass is 19.1. The second kappa shape index (κ2) is 11.7. The van der Waals surface area contributed by atoms with Gasteiger partial charge >= 0.3 is 0 Å². The standard InChI is InChI=1S/C26H28FN3O3/c1-18-5-3-7-20(15-18)25(31)30-24(17-19-6-4-8-21(27)16-19)26(32)29-14-13-28-22-9-11-23(33-2)12-10-22/h3-12,15-16,24,28H,13-14,17H2,1-2H3,(H,29,32)(H,30,31)/t24-/m0/s1. The van der Waals surface area contributed by atoms with Crippen LogP contribution < -0.4 is 20.7 Å². The Morgan fingerprint density at radius 3 is 2.42 bits per heavy atom. The molecule has 2 amide bonds. The number of anilines is 1. The molecular weight excluding hydrogens is 421 g/mol. The van der Waals surface area contributed by atoms with Gasteiger partial charge in [-0.25, -0.2) is 4.39 Å². The maximum absolute atomic E-state index is 13.6. The molecule has 0 saturated heterocycles. The van der Waals surface area contributed by atoms with Gasteiger partial charge in [0.25, 0.3) is 5.91 Å². The van der Waals surface area contributed by atoms with Gasteiger partial charge in [-0.3, -0.25) is 9.59 Å². The lowest BCUT2D eigenvalue weighted by Gasteiger charge is -2.19. The molecule has 3 aromatic rings. The normalized spacial score (nSPS) is 11.4. The number of amides is 2. The van der Waals surface area contributed by atoms with Crippen LogP contribution in [0.3, 0.4) is 0 Å². The summed E-state index contributed by atoms with van der Waals surface area (Å²) >= 11 is 0. The Labute approximate surface area is 193 Å². The molecule has 0 aliphatic heterocycles. The molecule has 0 heterocycles. The van der Waals surface area contributed by atoms with Crippen molar-refractivity contribution >= 4 is 17.5 Å². The average molecular weight is 450 g/mol. The molecule has 6 nitrogen and oxygen atoms in total. The molecule has 1 atom stereocenters. The first kappa shape index (κ1) is 23.8. The second-order valence-electron chi connectivity index (χ2n) is 7.68. The summed E-state index contributed by atoms with van der Waals surface area (Å²) in [6.07, 6.45) is 0.174. The van der Waals surface area contributed by atoms with Crippen molar-refractivity contribution in [2.45, 2.75) is 19.4 Å². The summed E-state index contributed by atoms with van der Waals surface area (Å²) in [6, 6.07) is 19.8. The molecule has 0 saturated carbocycles. The van der Waals surface area contributed by atoms with Crippen LogP contribution in [0.25, 0.3) is 0 Å². The smallest absolute Gasteiger partial charge is 0.251 e. The van der Waals surface area contributed by atoms with Gasteiger partial charge in [0.05, 0.1) is 7.11 Å². The fourth-order valence-corrected chi connectivity index (χ4v) is 3.36. The quantitative estimate of drug-likeness (QED) is 0.412. The summed E-state index contributed by atoms with van der Waals surface area (Å²) in [5.41, 5.74) is 2.93. The number of methoxy groups -OCH3 is 1. The molecule has 172 valence electrons. The summed E-state index contributed by atoms with van der Waals surface area (Å²) in [5, 5.41) is 8.85. The Bertz CT molecular complexity index is 1090. The van der Waals surface area contributed by atoms with Crippen LogP contribution in [-0.4, -0.2) is 38.1 Å². The SMILES string of the molecule is COc1ccc(NCCNC(=O)[C@H](Cc2cccc(F)c2)NC(=O)c2cccc(C)c2)cc1. The number of ether oxygens (including phenoxy) is 1. The summed E-state index contributed by atoms with van der Waals surface area (Å²) in [5.74, 6) is -0.317. The number of hydrogen-bond acceptors (Lipinski definition) is 4. The van der Waals surface area contributed by atoms with Crippen molar-refractivity contribution in [3.63, 3.8) is 0 Å². The molecule has 0 bridgehead atoms. The van der Waals surface area contributed by atoms with E-state index in [1.165, 1.54) is 12.1 Å². The van der Waals surface area contributed by atoms with Crippen LogP contribution >= 0.6 is 0 Å². The van der Waals surface area contributed by atoms with E-state index < -0.39 is 6.04 Å². The molecule has 3 rings (SSSR count). The molecule has 0 aliphatic rings. The number of halogens is 1. The summed E-state index contributed by atoms with van der Waals surface area (Å²) in [7, 11) is 1.61. The van der Waals surface area contributed by atoms with E-state index >= 15 is 0 Å². The van der Waals surface area contributed by atoms with Gasteiger partial charge in [0.1, 0.15) is 17.6 Å². The highest BCUT2D eigenvalue weighted by molar-refractivity contribution is 5.97. The monoisotopic (exact) mass is 449 g/mol. The Hall–Kier alpha value is -3.87. The van der Waals surface area contributed by atoms with Crippen molar-refractivity contribution in [2.24, 2.45) is 0 Å². The number of carbonyl (C=O) groups is 2. The molecular formula is C26H28FN3O3. The molecule has 33 heavy (non-hydrogen) atoms. The third kappa shape index (κ3) is 7.35. The van der Waals surface area contributed by atoms with Gasteiger partial charge in [-0.2, -0.15) is 0 Å². The van der Waals surface area contributed by atoms with Crippen LogP contribution in [-0.2, 0) is 11.2 Å². The van der Waals surface area contributed by atoms with Crippen molar-refractivity contribution in [1.29, 1.82) is 0 Å².